The Morgan fingerprint density at radius 1 is 0.750 bits per heavy atom. The zero-order chi connectivity index (χ0) is 12.0. The molecule has 0 amide bonds. The lowest BCUT2D eigenvalue weighted by Crippen LogP contribution is -1.66. The minimum atomic E-state index is -0.0764. The van der Waals surface area contributed by atoms with Gasteiger partial charge in [0.25, 0.3) is 0 Å². The Hall–Kier alpha value is -2.16. The zero-order valence-electron chi connectivity index (χ0n) is 8.96. The third kappa shape index (κ3) is 3.92. The van der Waals surface area contributed by atoms with Gasteiger partial charge in [0.05, 0.1) is 0 Å². The van der Waals surface area contributed by atoms with Gasteiger partial charge < -0.3 is 15.3 Å². The van der Waals surface area contributed by atoms with Crippen LogP contribution in [0.1, 0.15) is 5.56 Å². The van der Waals surface area contributed by atoms with E-state index in [-0.39, 0.29) is 11.5 Å². The number of phenolic OH excluding ortho intramolecular Hbond substituents is 3. The first-order valence-corrected chi connectivity index (χ1v) is 4.82. The molecule has 0 heterocycles. The van der Waals surface area contributed by atoms with Crippen LogP contribution in [0.3, 0.4) is 0 Å². The number of hydrogen-bond donors (Lipinski definition) is 3. The van der Waals surface area contributed by atoms with Crippen molar-refractivity contribution in [3.05, 3.63) is 54.1 Å². The van der Waals surface area contributed by atoms with Crippen LogP contribution in [0.25, 0.3) is 0 Å². The molecule has 84 valence electrons. The summed E-state index contributed by atoms with van der Waals surface area (Å²) in [6.07, 6.45) is 0. The lowest BCUT2D eigenvalue weighted by atomic mass is 10.2. The Bertz CT molecular complexity index is 414. The highest BCUT2D eigenvalue weighted by molar-refractivity contribution is 5.36. The average molecular weight is 218 g/mol. The summed E-state index contributed by atoms with van der Waals surface area (Å²) in [5.41, 5.74) is 1.09. The first kappa shape index (κ1) is 11.9. The molecule has 0 saturated carbocycles. The monoisotopic (exact) mass is 218 g/mol. The fraction of sp³-hybridized carbons (Fsp3) is 0.0769. The molecular weight excluding hydrogens is 204 g/mol. The molecular formula is C13H14O3. The van der Waals surface area contributed by atoms with Crippen molar-refractivity contribution in [2.45, 2.75) is 6.92 Å². The molecule has 0 spiro atoms. The maximum Gasteiger partial charge on any atom is 0.157 e. The van der Waals surface area contributed by atoms with Gasteiger partial charge in [-0.05, 0) is 36.8 Å². The molecule has 3 nitrogen and oxygen atoms in total. The normalized spacial score (nSPS) is 9.06. The van der Waals surface area contributed by atoms with Crippen molar-refractivity contribution in [3.63, 3.8) is 0 Å². The van der Waals surface area contributed by atoms with Crippen molar-refractivity contribution in [3.8, 4) is 17.2 Å². The van der Waals surface area contributed by atoms with E-state index in [1.165, 1.54) is 12.1 Å². The van der Waals surface area contributed by atoms with Crippen LogP contribution in [0.2, 0.25) is 0 Å². The molecule has 0 unspecified atom stereocenters. The van der Waals surface area contributed by atoms with Gasteiger partial charge in [0.15, 0.2) is 11.5 Å². The number of para-hydroxylation sites is 2. The maximum absolute atomic E-state index is 8.81. The highest BCUT2D eigenvalue weighted by atomic mass is 16.3. The fourth-order valence-corrected chi connectivity index (χ4v) is 1.09. The Balaban J connectivity index is 0.000000160. The molecule has 0 aliphatic carbocycles. The highest BCUT2D eigenvalue weighted by Crippen LogP contribution is 2.21. The molecule has 3 N–H and O–H groups in total. The summed E-state index contributed by atoms with van der Waals surface area (Å²) in [6, 6.07) is 13.3. The predicted octanol–water partition coefficient (Wildman–Crippen LogP) is 2.80. The first-order valence-electron chi connectivity index (χ1n) is 4.82. The van der Waals surface area contributed by atoms with E-state index in [4.69, 9.17) is 15.3 Å². The molecule has 0 aromatic heterocycles. The van der Waals surface area contributed by atoms with Crippen LogP contribution >= 0.6 is 0 Å². The van der Waals surface area contributed by atoms with E-state index in [1.807, 2.05) is 19.1 Å². The van der Waals surface area contributed by atoms with Gasteiger partial charge in [-0.2, -0.15) is 0 Å². The summed E-state index contributed by atoms with van der Waals surface area (Å²) in [4.78, 5) is 0. The quantitative estimate of drug-likeness (QED) is 0.596. The van der Waals surface area contributed by atoms with Gasteiger partial charge in [-0.15, -0.1) is 0 Å². The SMILES string of the molecule is Cc1cccc(O)c1.Oc1ccccc1O. The summed E-state index contributed by atoms with van der Waals surface area (Å²) in [5.74, 6) is 0.185. The predicted molar refractivity (Wildman–Crippen MR) is 62.6 cm³/mol. The van der Waals surface area contributed by atoms with E-state index in [1.54, 1.807) is 24.3 Å². The van der Waals surface area contributed by atoms with Crippen molar-refractivity contribution in [2.24, 2.45) is 0 Å². The molecule has 0 fully saturated rings. The minimum absolute atomic E-state index is 0.0764. The Kier molecular flexibility index (Phi) is 4.21. The molecule has 3 heteroatoms. The summed E-state index contributed by atoms with van der Waals surface area (Å²) in [6.45, 7) is 1.94. The number of benzene rings is 2. The Morgan fingerprint density at radius 3 is 1.62 bits per heavy atom. The highest BCUT2D eigenvalue weighted by Gasteiger charge is 1.90. The van der Waals surface area contributed by atoms with E-state index in [9.17, 15) is 0 Å². The lowest BCUT2D eigenvalue weighted by Gasteiger charge is -1.91. The molecule has 0 radical (unpaired) electrons. The number of phenols is 3. The maximum atomic E-state index is 8.81. The van der Waals surface area contributed by atoms with Crippen LogP contribution < -0.4 is 0 Å². The van der Waals surface area contributed by atoms with Crippen LogP contribution in [0.4, 0.5) is 0 Å². The first-order chi connectivity index (χ1) is 7.59. The smallest absolute Gasteiger partial charge is 0.157 e. The summed E-state index contributed by atoms with van der Waals surface area (Å²) in [5, 5.41) is 26.2. The number of hydrogen-bond acceptors (Lipinski definition) is 3. The van der Waals surface area contributed by atoms with E-state index in [0.717, 1.165) is 5.56 Å². The van der Waals surface area contributed by atoms with Crippen molar-refractivity contribution < 1.29 is 15.3 Å². The summed E-state index contributed by atoms with van der Waals surface area (Å²) in [7, 11) is 0. The van der Waals surface area contributed by atoms with E-state index < -0.39 is 0 Å². The average Bonchev–Trinajstić information content (AvgIpc) is 2.23. The van der Waals surface area contributed by atoms with Crippen LogP contribution in [-0.2, 0) is 0 Å². The lowest BCUT2D eigenvalue weighted by molar-refractivity contribution is 0.404. The third-order valence-corrected chi connectivity index (χ3v) is 1.88. The van der Waals surface area contributed by atoms with Crippen LogP contribution in [0.15, 0.2) is 48.5 Å². The fourth-order valence-electron chi connectivity index (χ4n) is 1.09. The van der Waals surface area contributed by atoms with E-state index in [2.05, 4.69) is 0 Å². The summed E-state index contributed by atoms with van der Waals surface area (Å²) >= 11 is 0. The van der Waals surface area contributed by atoms with E-state index in [0.29, 0.717) is 5.75 Å². The van der Waals surface area contributed by atoms with Gasteiger partial charge in [0.1, 0.15) is 5.75 Å². The molecule has 0 atom stereocenters. The topological polar surface area (TPSA) is 60.7 Å². The molecule has 2 aromatic carbocycles. The molecule has 2 aromatic rings. The minimum Gasteiger partial charge on any atom is -0.508 e. The second-order valence-electron chi connectivity index (χ2n) is 3.33. The van der Waals surface area contributed by atoms with E-state index >= 15 is 0 Å². The molecule has 0 aliphatic heterocycles. The van der Waals surface area contributed by atoms with Gasteiger partial charge >= 0.3 is 0 Å². The van der Waals surface area contributed by atoms with Crippen LogP contribution in [-0.4, -0.2) is 15.3 Å². The van der Waals surface area contributed by atoms with Crippen molar-refractivity contribution in [2.75, 3.05) is 0 Å². The number of rotatable bonds is 0. The molecule has 0 aliphatic rings. The van der Waals surface area contributed by atoms with Crippen molar-refractivity contribution in [1.82, 2.24) is 0 Å². The van der Waals surface area contributed by atoms with Crippen molar-refractivity contribution in [1.29, 1.82) is 0 Å². The standard InChI is InChI=1S/C7H8O.C6H6O2/c1-6-3-2-4-7(8)5-6;7-5-3-1-2-4-6(5)8/h2-5,8H,1H3;1-4,7-8H. The zero-order valence-corrected chi connectivity index (χ0v) is 8.96. The Labute approximate surface area is 94.2 Å². The van der Waals surface area contributed by atoms with Crippen molar-refractivity contribution >= 4 is 0 Å². The molecule has 16 heavy (non-hydrogen) atoms. The van der Waals surface area contributed by atoms with Gasteiger partial charge in [-0.1, -0.05) is 24.3 Å². The second-order valence-corrected chi connectivity index (χ2v) is 3.33. The largest absolute Gasteiger partial charge is 0.508 e. The van der Waals surface area contributed by atoms with Crippen LogP contribution in [0.5, 0.6) is 17.2 Å². The number of aromatic hydroxyl groups is 3. The Morgan fingerprint density at radius 2 is 1.31 bits per heavy atom. The molecule has 2 rings (SSSR count). The van der Waals surface area contributed by atoms with Gasteiger partial charge in [-0.3, -0.25) is 0 Å². The van der Waals surface area contributed by atoms with Crippen LogP contribution in [0, 0.1) is 6.92 Å². The summed E-state index contributed by atoms with van der Waals surface area (Å²) < 4.78 is 0. The number of aryl methyl sites for hydroxylation is 1. The van der Waals surface area contributed by atoms with Gasteiger partial charge in [-0.25, -0.2) is 0 Å². The third-order valence-electron chi connectivity index (χ3n) is 1.88. The second kappa shape index (κ2) is 5.66. The van der Waals surface area contributed by atoms with Gasteiger partial charge in [0, 0.05) is 0 Å². The molecule has 0 bridgehead atoms. The van der Waals surface area contributed by atoms with Gasteiger partial charge in [0.2, 0.25) is 0 Å². The molecule has 0 saturated heterocycles.